The van der Waals surface area contributed by atoms with Crippen LogP contribution in [0.15, 0.2) is 24.3 Å². The number of benzene rings is 1. The molecule has 2 N–H and O–H groups in total. The van der Waals surface area contributed by atoms with E-state index in [4.69, 9.17) is 5.73 Å². The highest BCUT2D eigenvalue weighted by molar-refractivity contribution is 7.93. The Labute approximate surface area is 94.9 Å². The van der Waals surface area contributed by atoms with E-state index in [0.29, 0.717) is 11.4 Å². The van der Waals surface area contributed by atoms with Crippen LogP contribution in [0, 0.1) is 0 Å². The highest BCUT2D eigenvalue weighted by Crippen LogP contribution is 2.20. The van der Waals surface area contributed by atoms with Crippen molar-refractivity contribution < 1.29 is 13.2 Å². The lowest BCUT2D eigenvalue weighted by molar-refractivity contribution is -0.115. The molecule has 0 aliphatic carbocycles. The van der Waals surface area contributed by atoms with Gasteiger partial charge in [-0.1, -0.05) is 0 Å². The van der Waals surface area contributed by atoms with Gasteiger partial charge in [-0.25, -0.2) is 12.7 Å². The summed E-state index contributed by atoms with van der Waals surface area (Å²) < 4.78 is 24.2. The average Bonchev–Trinajstić information content (AvgIpc) is 2.20. The van der Waals surface area contributed by atoms with Crippen LogP contribution in [0.25, 0.3) is 0 Å². The monoisotopic (exact) mass is 242 g/mol. The van der Waals surface area contributed by atoms with Gasteiger partial charge in [-0.2, -0.15) is 0 Å². The zero-order chi connectivity index (χ0) is 12.3. The average molecular weight is 242 g/mol. The molecule has 0 spiro atoms. The lowest BCUT2D eigenvalue weighted by Gasteiger charge is -2.20. The van der Waals surface area contributed by atoms with Crippen LogP contribution in [0.5, 0.6) is 0 Å². The van der Waals surface area contributed by atoms with Crippen molar-refractivity contribution in [3.63, 3.8) is 0 Å². The molecule has 1 amide bonds. The Hall–Kier alpha value is -1.56. The second-order valence-electron chi connectivity index (χ2n) is 3.28. The summed E-state index contributed by atoms with van der Waals surface area (Å²) in [7, 11) is -3.58. The molecule has 0 atom stereocenters. The Morgan fingerprint density at radius 3 is 2.19 bits per heavy atom. The number of carbonyl (C=O) groups is 1. The minimum atomic E-state index is -3.58. The quantitative estimate of drug-likeness (QED) is 0.801. The summed E-state index contributed by atoms with van der Waals surface area (Å²) >= 11 is 0. The number of hydrogen-bond donors (Lipinski definition) is 1. The van der Waals surface area contributed by atoms with Crippen molar-refractivity contribution in [2.45, 2.75) is 13.8 Å². The van der Waals surface area contributed by atoms with Crippen molar-refractivity contribution in [3.8, 4) is 0 Å². The maximum Gasteiger partial charge on any atom is 0.241 e. The van der Waals surface area contributed by atoms with Crippen LogP contribution in [0.3, 0.4) is 0 Å². The fraction of sp³-hybridized carbons (Fsp3) is 0.300. The maximum atomic E-state index is 11.7. The van der Waals surface area contributed by atoms with Gasteiger partial charge < -0.3 is 5.73 Å². The second kappa shape index (κ2) is 4.52. The molecule has 0 fully saturated rings. The van der Waals surface area contributed by atoms with Crippen molar-refractivity contribution in [3.05, 3.63) is 24.3 Å². The smallest absolute Gasteiger partial charge is 0.241 e. The second-order valence-corrected chi connectivity index (χ2v) is 5.38. The van der Waals surface area contributed by atoms with E-state index in [0.717, 1.165) is 4.31 Å². The minimum absolute atomic E-state index is 0.128. The van der Waals surface area contributed by atoms with Crippen LogP contribution in [-0.4, -0.2) is 20.1 Å². The van der Waals surface area contributed by atoms with Gasteiger partial charge in [0.15, 0.2) is 0 Å². The first-order valence-electron chi connectivity index (χ1n) is 4.77. The first-order valence-corrected chi connectivity index (χ1v) is 6.38. The Balaban J connectivity index is 3.24. The minimum Gasteiger partial charge on any atom is -0.399 e. The van der Waals surface area contributed by atoms with Crippen molar-refractivity contribution >= 4 is 27.3 Å². The van der Waals surface area contributed by atoms with E-state index in [-0.39, 0.29) is 5.75 Å². The van der Waals surface area contributed by atoms with Crippen molar-refractivity contribution in [2.24, 2.45) is 0 Å². The van der Waals surface area contributed by atoms with Crippen molar-refractivity contribution in [1.82, 2.24) is 0 Å². The zero-order valence-electron chi connectivity index (χ0n) is 9.17. The molecule has 0 saturated carbocycles. The molecule has 0 radical (unpaired) electrons. The van der Waals surface area contributed by atoms with Crippen LogP contribution in [0.2, 0.25) is 0 Å². The largest absolute Gasteiger partial charge is 0.399 e. The Morgan fingerprint density at radius 2 is 1.81 bits per heavy atom. The molecule has 5 nitrogen and oxygen atoms in total. The third-order valence-corrected chi connectivity index (χ3v) is 3.81. The van der Waals surface area contributed by atoms with Gasteiger partial charge >= 0.3 is 0 Å². The summed E-state index contributed by atoms with van der Waals surface area (Å²) in [6, 6.07) is 6.11. The third kappa shape index (κ3) is 2.52. The number of nitrogen functional groups attached to an aromatic ring is 1. The van der Waals surface area contributed by atoms with Gasteiger partial charge in [-0.05, 0) is 31.2 Å². The molecular weight excluding hydrogens is 228 g/mol. The summed E-state index contributed by atoms with van der Waals surface area (Å²) in [5.41, 5.74) is 6.32. The lowest BCUT2D eigenvalue weighted by atomic mass is 10.3. The molecule has 1 aromatic carbocycles. The van der Waals surface area contributed by atoms with E-state index in [1.165, 1.54) is 26.0 Å². The van der Waals surface area contributed by atoms with E-state index < -0.39 is 15.9 Å². The van der Waals surface area contributed by atoms with Crippen LogP contribution >= 0.6 is 0 Å². The van der Waals surface area contributed by atoms with Crippen LogP contribution in [-0.2, 0) is 14.8 Å². The van der Waals surface area contributed by atoms with Gasteiger partial charge in [0, 0.05) is 12.6 Å². The molecule has 6 heteroatoms. The number of hydrogen-bond acceptors (Lipinski definition) is 4. The predicted octanol–water partition coefficient (Wildman–Crippen LogP) is 0.971. The fourth-order valence-corrected chi connectivity index (χ4v) is 2.37. The summed E-state index contributed by atoms with van der Waals surface area (Å²) in [4.78, 5) is 11.4. The van der Waals surface area contributed by atoms with E-state index in [1.807, 2.05) is 0 Å². The van der Waals surface area contributed by atoms with Gasteiger partial charge in [0.1, 0.15) is 0 Å². The zero-order valence-corrected chi connectivity index (χ0v) is 9.99. The fourth-order valence-electron chi connectivity index (χ4n) is 1.28. The number of amides is 1. The van der Waals surface area contributed by atoms with Crippen molar-refractivity contribution in [2.75, 3.05) is 15.8 Å². The molecule has 0 aliphatic rings. The van der Waals surface area contributed by atoms with E-state index in [2.05, 4.69) is 0 Å². The maximum absolute atomic E-state index is 11.7. The number of rotatable bonds is 3. The molecule has 1 aromatic rings. The highest BCUT2D eigenvalue weighted by Gasteiger charge is 2.24. The molecule has 0 heterocycles. The first-order chi connectivity index (χ1) is 7.38. The van der Waals surface area contributed by atoms with Crippen LogP contribution in [0.4, 0.5) is 11.4 Å². The number of carbonyl (C=O) groups excluding carboxylic acids is 1. The lowest BCUT2D eigenvalue weighted by Crippen LogP contribution is -2.36. The van der Waals surface area contributed by atoms with Gasteiger partial charge in [0.25, 0.3) is 0 Å². The topological polar surface area (TPSA) is 80.5 Å². The molecule has 0 unspecified atom stereocenters. The summed E-state index contributed by atoms with van der Waals surface area (Å²) in [5.74, 6) is -0.664. The summed E-state index contributed by atoms with van der Waals surface area (Å²) in [5, 5.41) is 0. The molecule has 88 valence electrons. The summed E-state index contributed by atoms with van der Waals surface area (Å²) in [6.07, 6.45) is 0. The predicted molar refractivity (Wildman–Crippen MR) is 63.5 cm³/mol. The third-order valence-electron chi connectivity index (χ3n) is 2.06. The Morgan fingerprint density at radius 1 is 1.31 bits per heavy atom. The van der Waals surface area contributed by atoms with Gasteiger partial charge in [0.2, 0.25) is 15.9 Å². The molecular formula is C10H14N2O3S. The van der Waals surface area contributed by atoms with Crippen LogP contribution < -0.4 is 10.0 Å². The van der Waals surface area contributed by atoms with Gasteiger partial charge in [0.05, 0.1) is 11.4 Å². The van der Waals surface area contributed by atoms with E-state index >= 15 is 0 Å². The molecule has 0 aromatic heterocycles. The Bertz CT molecular complexity index is 479. The molecule has 1 rings (SSSR count). The first kappa shape index (κ1) is 12.5. The molecule has 0 bridgehead atoms. The van der Waals surface area contributed by atoms with Gasteiger partial charge in [-0.15, -0.1) is 0 Å². The van der Waals surface area contributed by atoms with Gasteiger partial charge in [-0.3, -0.25) is 4.79 Å². The number of nitrogens with zero attached hydrogens (tertiary/aromatic N) is 1. The Kier molecular flexibility index (Phi) is 3.54. The van der Waals surface area contributed by atoms with Crippen molar-refractivity contribution in [1.29, 1.82) is 0 Å². The number of nitrogens with two attached hydrogens (primary N) is 1. The van der Waals surface area contributed by atoms with Crippen LogP contribution in [0.1, 0.15) is 13.8 Å². The molecule has 16 heavy (non-hydrogen) atoms. The number of sulfonamides is 1. The molecule has 0 saturated heterocycles. The highest BCUT2D eigenvalue weighted by atomic mass is 32.2. The molecule has 0 aliphatic heterocycles. The standard InChI is InChI=1S/C10H14N2O3S/c1-3-16(14,15)12(8(2)13)10-6-4-9(11)5-7-10/h4-7H,3,11H2,1-2H3. The van der Waals surface area contributed by atoms with E-state index in [9.17, 15) is 13.2 Å². The SMILES string of the molecule is CCS(=O)(=O)N(C(C)=O)c1ccc(N)cc1. The summed E-state index contributed by atoms with van der Waals surface area (Å²) in [6.45, 7) is 2.70. The van der Waals surface area contributed by atoms with E-state index in [1.54, 1.807) is 12.1 Å². The normalized spacial score (nSPS) is 11.1. The number of anilines is 2.